The van der Waals surface area contributed by atoms with Gasteiger partial charge in [-0.1, -0.05) is 22.0 Å². The van der Waals surface area contributed by atoms with Crippen LogP contribution in [0.25, 0.3) is 15.7 Å². The molecule has 0 aliphatic carbocycles. The van der Waals surface area contributed by atoms with Crippen LogP contribution in [0.3, 0.4) is 0 Å². The van der Waals surface area contributed by atoms with Crippen molar-refractivity contribution in [3.05, 3.63) is 45.8 Å². The van der Waals surface area contributed by atoms with E-state index in [0.29, 0.717) is 0 Å². The van der Waals surface area contributed by atoms with Crippen molar-refractivity contribution < 1.29 is 9.50 Å². The second-order valence-electron chi connectivity index (χ2n) is 5.31. The first-order chi connectivity index (χ1) is 9.39. The quantitative estimate of drug-likeness (QED) is 0.842. The number of halogens is 2. The summed E-state index contributed by atoms with van der Waals surface area (Å²) < 4.78 is 16.2. The number of rotatable bonds is 4. The molecule has 106 valence electrons. The van der Waals surface area contributed by atoms with Crippen LogP contribution in [-0.4, -0.2) is 22.5 Å². The molecule has 0 saturated carbocycles. The second kappa shape index (κ2) is 5.55. The van der Waals surface area contributed by atoms with E-state index in [-0.39, 0.29) is 6.54 Å². The highest BCUT2D eigenvalue weighted by atomic mass is 79.9. The molecule has 1 atom stereocenters. The summed E-state index contributed by atoms with van der Waals surface area (Å²) in [7, 11) is 0. The van der Waals surface area contributed by atoms with Gasteiger partial charge in [-0.25, -0.2) is 11.0 Å². The molecule has 0 spiro atoms. The lowest BCUT2D eigenvalue weighted by Gasteiger charge is -2.09. The van der Waals surface area contributed by atoms with Crippen LogP contribution < -0.4 is 0 Å². The number of aliphatic hydroxyl groups excluding tert-OH is 1. The topological polar surface area (TPSA) is 29.5 Å². The maximum Gasteiger partial charge on any atom is 0.254 e. The van der Waals surface area contributed by atoms with Crippen LogP contribution in [0.2, 0.25) is 0 Å². The van der Waals surface area contributed by atoms with E-state index in [1.165, 1.54) is 0 Å². The Morgan fingerprint density at radius 2 is 2.20 bits per heavy atom. The minimum absolute atomic E-state index is 0.0809. The van der Waals surface area contributed by atoms with Crippen molar-refractivity contribution in [1.82, 2.24) is 4.57 Å². The number of nitrogens with zero attached hydrogens (tertiary/aromatic N) is 2. The van der Waals surface area contributed by atoms with Crippen molar-refractivity contribution in [2.24, 2.45) is 0 Å². The first-order valence-electron chi connectivity index (χ1n) is 6.31. The molecule has 5 heteroatoms. The predicted octanol–water partition coefficient (Wildman–Crippen LogP) is 3.89. The number of benzene rings is 1. The number of aliphatic hydroxyl groups is 1. The molecule has 0 saturated heterocycles. The zero-order chi connectivity index (χ0) is 14.9. The van der Waals surface area contributed by atoms with Gasteiger partial charge in [-0.2, -0.15) is 0 Å². The molecule has 2 aromatic rings. The van der Waals surface area contributed by atoms with Crippen LogP contribution >= 0.6 is 15.9 Å². The van der Waals surface area contributed by atoms with E-state index >= 15 is 0 Å². The molecule has 0 aliphatic rings. The van der Waals surface area contributed by atoms with Gasteiger partial charge in [-0.05, 0) is 12.1 Å². The van der Waals surface area contributed by atoms with Gasteiger partial charge in [-0.3, -0.25) is 0 Å². The molecule has 0 bridgehead atoms. The standard InChI is InChI=1S/C15H16BrFN2O/c1-15(2,18-3)13-8-19(7-11(17)9-20)14-6-10(16)4-5-12(13)14/h4-6,8,11,20H,7,9H2,1-2H3. The zero-order valence-electron chi connectivity index (χ0n) is 11.4. The van der Waals surface area contributed by atoms with Crippen LogP contribution in [0.1, 0.15) is 19.4 Å². The lowest BCUT2D eigenvalue weighted by molar-refractivity contribution is 0.163. The van der Waals surface area contributed by atoms with Gasteiger partial charge in [-0.15, -0.1) is 0 Å². The number of fused-ring (bicyclic) bond motifs is 1. The lowest BCUT2D eigenvalue weighted by Crippen LogP contribution is -2.15. The highest BCUT2D eigenvalue weighted by molar-refractivity contribution is 9.10. The molecule has 20 heavy (non-hydrogen) atoms. The molecule has 0 aliphatic heterocycles. The third-order valence-electron chi connectivity index (χ3n) is 3.38. The normalized spacial score (nSPS) is 13.4. The summed E-state index contributed by atoms with van der Waals surface area (Å²) in [4.78, 5) is 3.66. The van der Waals surface area contributed by atoms with Crippen LogP contribution in [-0.2, 0) is 12.1 Å². The van der Waals surface area contributed by atoms with Crippen molar-refractivity contribution in [3.8, 4) is 0 Å². The van der Waals surface area contributed by atoms with E-state index in [9.17, 15) is 4.39 Å². The molecular weight excluding hydrogens is 323 g/mol. The molecule has 0 amide bonds. The first kappa shape index (κ1) is 15.0. The summed E-state index contributed by atoms with van der Waals surface area (Å²) in [6.45, 7) is 10.6. The summed E-state index contributed by atoms with van der Waals surface area (Å²) in [6.07, 6.45) is 0.505. The summed E-state index contributed by atoms with van der Waals surface area (Å²) in [5.74, 6) is 0. The maximum absolute atomic E-state index is 13.5. The number of hydrogen-bond donors (Lipinski definition) is 1. The van der Waals surface area contributed by atoms with E-state index in [1.807, 2.05) is 38.2 Å². The monoisotopic (exact) mass is 338 g/mol. The van der Waals surface area contributed by atoms with E-state index in [2.05, 4.69) is 20.8 Å². The van der Waals surface area contributed by atoms with E-state index in [4.69, 9.17) is 11.7 Å². The molecule has 1 unspecified atom stereocenters. The third-order valence-corrected chi connectivity index (χ3v) is 3.87. The SMILES string of the molecule is [C-]#[N+]C(C)(C)c1cn(CC(F)CO)c2cc(Br)ccc12. The fourth-order valence-electron chi connectivity index (χ4n) is 2.24. The minimum Gasteiger partial charge on any atom is -0.393 e. The van der Waals surface area contributed by atoms with Gasteiger partial charge in [0.15, 0.2) is 0 Å². The van der Waals surface area contributed by atoms with Gasteiger partial charge in [0, 0.05) is 35.4 Å². The average Bonchev–Trinajstić information content (AvgIpc) is 2.77. The summed E-state index contributed by atoms with van der Waals surface area (Å²) in [5, 5.41) is 9.83. The Labute approximate surface area is 126 Å². The van der Waals surface area contributed by atoms with Gasteiger partial charge in [0.2, 0.25) is 0 Å². The molecule has 3 nitrogen and oxygen atoms in total. The molecule has 0 radical (unpaired) electrons. The van der Waals surface area contributed by atoms with Gasteiger partial charge < -0.3 is 14.5 Å². The third kappa shape index (κ3) is 2.72. The van der Waals surface area contributed by atoms with Gasteiger partial charge in [0.1, 0.15) is 6.17 Å². The molecule has 0 fully saturated rings. The van der Waals surface area contributed by atoms with Gasteiger partial charge in [0.25, 0.3) is 5.54 Å². The van der Waals surface area contributed by atoms with Crippen molar-refractivity contribution in [2.45, 2.75) is 32.1 Å². The van der Waals surface area contributed by atoms with Crippen LogP contribution in [0.15, 0.2) is 28.9 Å². The van der Waals surface area contributed by atoms with Crippen LogP contribution in [0.4, 0.5) is 4.39 Å². The minimum atomic E-state index is -1.31. The van der Waals surface area contributed by atoms with Gasteiger partial charge >= 0.3 is 0 Å². The Hall–Kier alpha value is -1.38. The van der Waals surface area contributed by atoms with Crippen molar-refractivity contribution in [2.75, 3.05) is 6.61 Å². The Bertz CT molecular complexity index is 672. The summed E-state index contributed by atoms with van der Waals surface area (Å²) in [6, 6.07) is 5.75. The Morgan fingerprint density at radius 3 is 2.80 bits per heavy atom. The maximum atomic E-state index is 13.5. The van der Waals surface area contributed by atoms with Crippen LogP contribution in [0.5, 0.6) is 0 Å². The second-order valence-corrected chi connectivity index (χ2v) is 6.22. The number of hydrogen-bond acceptors (Lipinski definition) is 1. The number of alkyl halides is 1. The zero-order valence-corrected chi connectivity index (χ0v) is 13.0. The smallest absolute Gasteiger partial charge is 0.254 e. The van der Waals surface area contributed by atoms with Crippen LogP contribution in [0, 0.1) is 6.57 Å². The predicted molar refractivity (Wildman–Crippen MR) is 81.2 cm³/mol. The fourth-order valence-corrected chi connectivity index (χ4v) is 2.58. The van der Waals surface area contributed by atoms with E-state index in [1.54, 1.807) is 4.57 Å². The lowest BCUT2D eigenvalue weighted by atomic mass is 9.95. The average molecular weight is 339 g/mol. The Morgan fingerprint density at radius 1 is 1.50 bits per heavy atom. The molecule has 1 aromatic carbocycles. The Kier molecular flexibility index (Phi) is 4.17. The molecule has 1 heterocycles. The Balaban J connectivity index is 2.64. The fraction of sp³-hybridized carbons (Fsp3) is 0.400. The highest BCUT2D eigenvalue weighted by Gasteiger charge is 2.30. The van der Waals surface area contributed by atoms with Crippen molar-refractivity contribution in [3.63, 3.8) is 0 Å². The number of aromatic nitrogens is 1. The summed E-state index contributed by atoms with van der Waals surface area (Å²) in [5.41, 5.74) is 1.07. The van der Waals surface area contributed by atoms with Gasteiger partial charge in [0.05, 0.1) is 18.7 Å². The highest BCUT2D eigenvalue weighted by Crippen LogP contribution is 2.34. The van der Waals surface area contributed by atoms with E-state index in [0.717, 1.165) is 20.9 Å². The first-order valence-corrected chi connectivity index (χ1v) is 7.10. The van der Waals surface area contributed by atoms with Crippen molar-refractivity contribution >= 4 is 26.8 Å². The van der Waals surface area contributed by atoms with Crippen molar-refractivity contribution in [1.29, 1.82) is 0 Å². The summed E-state index contributed by atoms with van der Waals surface area (Å²) >= 11 is 3.41. The largest absolute Gasteiger partial charge is 0.393 e. The molecule has 1 aromatic heterocycles. The molecule has 2 rings (SSSR count). The molecular formula is C15H16BrFN2O. The molecule has 1 N–H and O–H groups in total. The van der Waals surface area contributed by atoms with E-state index < -0.39 is 18.3 Å².